The lowest BCUT2D eigenvalue weighted by Crippen LogP contribution is -2.42. The first-order valence-electron chi connectivity index (χ1n) is 11.7. The Labute approximate surface area is 220 Å². The molecular weight excluding hydrogens is 506 g/mol. The van der Waals surface area contributed by atoms with Gasteiger partial charge in [0.15, 0.2) is 0 Å². The summed E-state index contributed by atoms with van der Waals surface area (Å²) in [5, 5.41) is 5.37. The Bertz CT molecular complexity index is 1520. The summed E-state index contributed by atoms with van der Waals surface area (Å²) in [6.07, 6.45) is 3.11. The van der Waals surface area contributed by atoms with Gasteiger partial charge in [-0.05, 0) is 54.8 Å². The van der Waals surface area contributed by atoms with Crippen molar-refractivity contribution in [3.8, 4) is 5.69 Å². The second-order valence-corrected chi connectivity index (χ2v) is 10.1. The maximum Gasteiger partial charge on any atom is 0.411 e. The van der Waals surface area contributed by atoms with Crippen molar-refractivity contribution >= 4 is 27.8 Å². The second kappa shape index (κ2) is 11.6. The first-order valence-corrected chi connectivity index (χ1v) is 13.2. The molecule has 3 amide bonds. The summed E-state index contributed by atoms with van der Waals surface area (Å²) in [7, 11) is -2.81. The summed E-state index contributed by atoms with van der Waals surface area (Å²) in [4.78, 5) is 29.0. The van der Waals surface area contributed by atoms with Gasteiger partial charge in [-0.15, -0.1) is 0 Å². The molecule has 3 aromatic carbocycles. The van der Waals surface area contributed by atoms with Gasteiger partial charge in [0.1, 0.15) is 5.82 Å². The first kappa shape index (κ1) is 26.4. The number of nitrogens with one attached hydrogen (secondary N) is 3. The highest BCUT2D eigenvalue weighted by Gasteiger charge is 2.25. The molecule has 0 saturated heterocycles. The Balaban J connectivity index is 1.61. The zero-order chi connectivity index (χ0) is 27.1. The summed E-state index contributed by atoms with van der Waals surface area (Å²) in [6, 6.07) is 21.3. The van der Waals surface area contributed by atoms with Gasteiger partial charge in [0.25, 0.3) is 10.0 Å². The van der Waals surface area contributed by atoms with Crippen LogP contribution in [0.4, 0.5) is 15.3 Å². The van der Waals surface area contributed by atoms with E-state index >= 15 is 0 Å². The summed E-state index contributed by atoms with van der Waals surface area (Å²) >= 11 is 0. The van der Waals surface area contributed by atoms with Crippen LogP contribution in [0.3, 0.4) is 0 Å². The molecule has 3 N–H and O–H groups in total. The zero-order valence-electron chi connectivity index (χ0n) is 20.8. The van der Waals surface area contributed by atoms with Crippen LogP contribution in [0.5, 0.6) is 0 Å². The Hall–Kier alpha value is -4.64. The lowest BCUT2D eigenvalue weighted by atomic mass is 10.1. The molecule has 11 heteroatoms. The van der Waals surface area contributed by atoms with E-state index in [4.69, 9.17) is 0 Å². The van der Waals surface area contributed by atoms with Crippen molar-refractivity contribution in [1.29, 1.82) is 0 Å². The van der Waals surface area contributed by atoms with Crippen molar-refractivity contribution < 1.29 is 22.7 Å². The molecular formula is C27H27N5O5S. The highest BCUT2D eigenvalue weighted by atomic mass is 32.2. The number of carbonyl (C=O) groups is 2. The number of benzene rings is 3. The van der Waals surface area contributed by atoms with Crippen LogP contribution in [0, 0.1) is 6.92 Å². The third kappa shape index (κ3) is 6.37. The molecule has 1 heterocycles. The van der Waals surface area contributed by atoms with Gasteiger partial charge >= 0.3 is 12.1 Å². The molecule has 38 heavy (non-hydrogen) atoms. The van der Waals surface area contributed by atoms with Gasteiger partial charge in [0.2, 0.25) is 0 Å². The van der Waals surface area contributed by atoms with Gasteiger partial charge < -0.3 is 14.6 Å². The number of amides is 3. The van der Waals surface area contributed by atoms with Crippen molar-refractivity contribution in [3.05, 3.63) is 108 Å². The molecule has 0 aliphatic carbocycles. The molecule has 0 unspecified atom stereocenters. The number of nitrogens with zero attached hydrogens (tertiary/aromatic N) is 2. The highest BCUT2D eigenvalue weighted by Crippen LogP contribution is 2.22. The number of hydrogen-bond donors (Lipinski definition) is 3. The van der Waals surface area contributed by atoms with E-state index in [0.29, 0.717) is 23.5 Å². The monoisotopic (exact) mass is 533 g/mol. The van der Waals surface area contributed by atoms with Crippen LogP contribution in [-0.4, -0.2) is 37.2 Å². The van der Waals surface area contributed by atoms with Gasteiger partial charge in [-0.25, -0.2) is 27.7 Å². The Morgan fingerprint density at radius 3 is 2.34 bits per heavy atom. The number of imidazole rings is 1. The fraction of sp³-hybridized carbons (Fsp3) is 0.148. The van der Waals surface area contributed by atoms with Crippen molar-refractivity contribution in [1.82, 2.24) is 19.6 Å². The van der Waals surface area contributed by atoms with Crippen LogP contribution in [0.25, 0.3) is 5.69 Å². The topological polar surface area (TPSA) is 131 Å². The maximum atomic E-state index is 13.0. The number of anilines is 1. The smallest absolute Gasteiger partial charge is 0.411 e. The predicted octanol–water partition coefficient (Wildman–Crippen LogP) is 4.33. The van der Waals surface area contributed by atoms with Crippen LogP contribution in [0.15, 0.2) is 96.2 Å². The summed E-state index contributed by atoms with van der Waals surface area (Å²) in [5.74, 6) is 0.492. The van der Waals surface area contributed by atoms with Crippen molar-refractivity contribution in [2.75, 3.05) is 12.4 Å². The van der Waals surface area contributed by atoms with Gasteiger partial charge in [-0.2, -0.15) is 0 Å². The number of ether oxygens (including phenoxy) is 1. The van der Waals surface area contributed by atoms with Gasteiger partial charge in [-0.3, -0.25) is 5.32 Å². The predicted molar refractivity (Wildman–Crippen MR) is 143 cm³/mol. The van der Waals surface area contributed by atoms with Crippen molar-refractivity contribution in [2.45, 2.75) is 24.3 Å². The molecule has 10 nitrogen and oxygen atoms in total. The largest absolute Gasteiger partial charge is 0.453 e. The Morgan fingerprint density at radius 2 is 1.66 bits per heavy atom. The quantitative estimate of drug-likeness (QED) is 0.309. The van der Waals surface area contributed by atoms with E-state index in [9.17, 15) is 18.0 Å². The van der Waals surface area contributed by atoms with Crippen LogP contribution in [0.2, 0.25) is 0 Å². The fourth-order valence-corrected chi connectivity index (χ4v) is 5.11. The lowest BCUT2D eigenvalue weighted by Gasteiger charge is -2.21. The molecule has 0 saturated carbocycles. The average molecular weight is 534 g/mol. The van der Waals surface area contributed by atoms with Crippen molar-refractivity contribution in [2.24, 2.45) is 0 Å². The zero-order valence-corrected chi connectivity index (χ0v) is 21.6. The van der Waals surface area contributed by atoms with Crippen LogP contribution >= 0.6 is 0 Å². The molecule has 0 spiro atoms. The number of sulfonamides is 1. The SMILES string of the molecule is COC(=O)Nc1ccc(-n2ccnc2[C@H](Cc2ccccc2)NC(=O)NS(=O)(=O)c2ccccc2C)cc1. The third-order valence-electron chi connectivity index (χ3n) is 5.76. The van der Waals surface area contributed by atoms with E-state index in [2.05, 4.69) is 25.1 Å². The highest BCUT2D eigenvalue weighted by molar-refractivity contribution is 7.90. The summed E-state index contributed by atoms with van der Waals surface area (Å²) in [5.41, 5.74) is 2.71. The molecule has 196 valence electrons. The average Bonchev–Trinajstić information content (AvgIpc) is 3.39. The molecule has 0 radical (unpaired) electrons. The number of aryl methyl sites for hydroxylation is 1. The lowest BCUT2D eigenvalue weighted by molar-refractivity contribution is 0.187. The normalized spacial score (nSPS) is 11.8. The van der Waals surface area contributed by atoms with E-state index in [1.54, 1.807) is 66.3 Å². The van der Waals surface area contributed by atoms with Crippen LogP contribution in [0.1, 0.15) is 23.0 Å². The van der Waals surface area contributed by atoms with E-state index in [1.807, 2.05) is 30.3 Å². The number of methoxy groups -OCH3 is 1. The van der Waals surface area contributed by atoms with E-state index in [0.717, 1.165) is 11.3 Å². The third-order valence-corrected chi connectivity index (χ3v) is 7.25. The number of carbonyl (C=O) groups excluding carboxylic acids is 2. The van der Waals surface area contributed by atoms with Gasteiger partial charge in [-0.1, -0.05) is 48.5 Å². The molecule has 0 aliphatic heterocycles. The molecule has 4 rings (SSSR count). The molecule has 0 fully saturated rings. The summed E-state index contributed by atoms with van der Waals surface area (Å²) < 4.78 is 34.3. The number of hydrogen-bond acceptors (Lipinski definition) is 6. The molecule has 1 aromatic heterocycles. The van der Waals surface area contributed by atoms with Crippen LogP contribution in [-0.2, 0) is 21.2 Å². The Morgan fingerprint density at radius 1 is 0.974 bits per heavy atom. The second-order valence-electron chi connectivity index (χ2n) is 8.41. The maximum absolute atomic E-state index is 13.0. The Kier molecular flexibility index (Phi) is 8.07. The van der Waals surface area contributed by atoms with E-state index < -0.39 is 28.2 Å². The molecule has 0 aliphatic rings. The minimum atomic E-state index is -4.09. The van der Waals surface area contributed by atoms with Gasteiger partial charge in [0.05, 0.1) is 18.0 Å². The first-order chi connectivity index (χ1) is 18.3. The summed E-state index contributed by atoms with van der Waals surface area (Å²) in [6.45, 7) is 1.66. The molecule has 4 aromatic rings. The fourth-order valence-electron chi connectivity index (χ4n) is 3.94. The van der Waals surface area contributed by atoms with E-state index in [-0.39, 0.29) is 4.90 Å². The number of aromatic nitrogens is 2. The molecule has 1 atom stereocenters. The number of rotatable bonds is 8. The van der Waals surface area contributed by atoms with E-state index in [1.165, 1.54) is 13.2 Å². The van der Waals surface area contributed by atoms with Crippen molar-refractivity contribution in [3.63, 3.8) is 0 Å². The van der Waals surface area contributed by atoms with Crippen LogP contribution < -0.4 is 15.4 Å². The van der Waals surface area contributed by atoms with Gasteiger partial charge in [0, 0.05) is 23.8 Å². The molecule has 0 bridgehead atoms. The standard InChI is InChI=1S/C27H27N5O5S/c1-19-8-6-7-11-24(19)38(35,36)31-26(33)30-23(18-20-9-4-3-5-10-20)25-28-16-17-32(25)22-14-12-21(13-15-22)29-27(34)37-2/h3-17,23H,18H2,1-2H3,(H,29,34)(H2,30,31,33)/t23-/m0/s1. The number of urea groups is 1. The minimum Gasteiger partial charge on any atom is -0.453 e. The minimum absolute atomic E-state index is 0.0249.